The number of anilines is 1. The molecule has 0 amide bonds. The molecule has 0 saturated carbocycles. The second kappa shape index (κ2) is 8.71. The predicted molar refractivity (Wildman–Crippen MR) is 121 cm³/mol. The molecule has 0 unspecified atom stereocenters. The summed E-state index contributed by atoms with van der Waals surface area (Å²) in [6.07, 6.45) is 2.29. The Balaban J connectivity index is 1.77. The van der Waals surface area contributed by atoms with Gasteiger partial charge in [0.1, 0.15) is 5.75 Å². The molecule has 5 nitrogen and oxygen atoms in total. The fourth-order valence-corrected chi connectivity index (χ4v) is 4.36. The van der Waals surface area contributed by atoms with Crippen molar-refractivity contribution in [3.63, 3.8) is 0 Å². The largest absolute Gasteiger partial charge is 0.493 e. The van der Waals surface area contributed by atoms with Gasteiger partial charge in [0.25, 0.3) is 0 Å². The summed E-state index contributed by atoms with van der Waals surface area (Å²) in [4.78, 5) is 18.6. The number of carboxylic acid groups (broad SMARTS) is 1. The summed E-state index contributed by atoms with van der Waals surface area (Å²) in [6, 6.07) is 14.1. The molecule has 6 heteroatoms. The average molecular weight is 421 g/mol. The van der Waals surface area contributed by atoms with E-state index in [9.17, 15) is 9.90 Å². The van der Waals surface area contributed by atoms with E-state index in [1.165, 1.54) is 0 Å². The molecule has 154 valence electrons. The third-order valence-corrected chi connectivity index (χ3v) is 5.96. The van der Waals surface area contributed by atoms with E-state index in [0.29, 0.717) is 31.7 Å². The molecule has 1 aliphatic rings. The highest BCUT2D eigenvalue weighted by Gasteiger charge is 2.21. The summed E-state index contributed by atoms with van der Waals surface area (Å²) >= 11 is 1.63. The van der Waals surface area contributed by atoms with Crippen LogP contribution in [0, 0.1) is 6.92 Å². The summed E-state index contributed by atoms with van der Waals surface area (Å²) in [7, 11) is 0. The molecule has 0 aliphatic carbocycles. The zero-order valence-electron chi connectivity index (χ0n) is 17.1. The lowest BCUT2D eigenvalue weighted by molar-refractivity contribution is -0.132. The first-order chi connectivity index (χ1) is 14.5. The van der Waals surface area contributed by atoms with E-state index in [2.05, 4.69) is 33.5 Å². The molecule has 0 spiro atoms. The summed E-state index contributed by atoms with van der Waals surface area (Å²) in [5, 5.41) is 12.8. The molecule has 1 N–H and O–H groups in total. The maximum atomic E-state index is 11.8. The van der Waals surface area contributed by atoms with Gasteiger partial charge in [-0.1, -0.05) is 24.3 Å². The number of hydrogen-bond acceptors (Lipinski definition) is 5. The average Bonchev–Trinajstić information content (AvgIpc) is 3.05. The van der Waals surface area contributed by atoms with Crippen molar-refractivity contribution in [3.05, 3.63) is 69.7 Å². The number of rotatable bonds is 6. The van der Waals surface area contributed by atoms with Crippen LogP contribution in [0.25, 0.3) is 17.2 Å². The van der Waals surface area contributed by atoms with Crippen LogP contribution in [0.2, 0.25) is 0 Å². The third-order valence-electron chi connectivity index (χ3n) is 5.14. The number of thiazole rings is 1. The van der Waals surface area contributed by atoms with Gasteiger partial charge in [0.2, 0.25) is 0 Å². The van der Waals surface area contributed by atoms with E-state index in [1.807, 2.05) is 38.1 Å². The van der Waals surface area contributed by atoms with E-state index in [1.54, 1.807) is 17.4 Å². The van der Waals surface area contributed by atoms with Gasteiger partial charge in [-0.05, 0) is 55.7 Å². The zero-order chi connectivity index (χ0) is 21.1. The number of nitrogens with zero attached hydrogens (tertiary/aromatic N) is 2. The van der Waals surface area contributed by atoms with Gasteiger partial charge in [-0.15, -0.1) is 11.3 Å². The number of carboxylic acids is 1. The van der Waals surface area contributed by atoms with Crippen LogP contribution in [-0.2, 0) is 11.3 Å². The molecule has 0 atom stereocenters. The number of benzene rings is 2. The number of fused-ring (bicyclic) bond motifs is 1. The summed E-state index contributed by atoms with van der Waals surface area (Å²) in [6.45, 7) is 5.85. The Morgan fingerprint density at radius 1 is 1.27 bits per heavy atom. The van der Waals surface area contributed by atoms with Crippen molar-refractivity contribution in [2.75, 3.05) is 18.1 Å². The topological polar surface area (TPSA) is 62.7 Å². The molecule has 2 aromatic carbocycles. The highest BCUT2D eigenvalue weighted by Crippen LogP contribution is 2.36. The number of para-hydroxylation sites is 1. The molecular formula is C24H24N2O3S. The van der Waals surface area contributed by atoms with Gasteiger partial charge in [0, 0.05) is 28.7 Å². The number of aliphatic carboxylic acids is 1. The molecule has 0 fully saturated rings. The Morgan fingerprint density at radius 2 is 2.10 bits per heavy atom. The Hall–Kier alpha value is -3.12. The number of hydrogen-bond donors (Lipinski definition) is 1. The van der Waals surface area contributed by atoms with Gasteiger partial charge in [-0.25, -0.2) is 9.78 Å². The Labute approximate surface area is 180 Å². The van der Waals surface area contributed by atoms with E-state index in [0.717, 1.165) is 38.8 Å². The van der Waals surface area contributed by atoms with Crippen molar-refractivity contribution in [1.29, 1.82) is 0 Å². The zero-order valence-corrected chi connectivity index (χ0v) is 17.9. The number of aromatic nitrogens is 1. The predicted octanol–water partition coefficient (Wildman–Crippen LogP) is 5.40. The van der Waals surface area contributed by atoms with Gasteiger partial charge in [-0.3, -0.25) is 0 Å². The Kier molecular flexibility index (Phi) is 5.86. The molecule has 1 aliphatic heterocycles. The lowest BCUT2D eigenvalue weighted by atomic mass is 9.99. The third kappa shape index (κ3) is 4.24. The first-order valence-corrected chi connectivity index (χ1v) is 10.9. The van der Waals surface area contributed by atoms with Crippen molar-refractivity contribution in [1.82, 2.24) is 4.98 Å². The van der Waals surface area contributed by atoms with Crippen molar-refractivity contribution < 1.29 is 14.6 Å². The van der Waals surface area contributed by atoms with Gasteiger partial charge >= 0.3 is 5.97 Å². The van der Waals surface area contributed by atoms with Crippen LogP contribution in [0.3, 0.4) is 0 Å². The molecule has 4 rings (SSSR count). The smallest absolute Gasteiger partial charge is 0.331 e. The van der Waals surface area contributed by atoms with Gasteiger partial charge in [0.05, 0.1) is 23.9 Å². The van der Waals surface area contributed by atoms with E-state index >= 15 is 0 Å². The van der Waals surface area contributed by atoms with Gasteiger partial charge in [-0.2, -0.15) is 0 Å². The lowest BCUT2D eigenvalue weighted by Crippen LogP contribution is -2.24. The van der Waals surface area contributed by atoms with E-state index in [-0.39, 0.29) is 0 Å². The summed E-state index contributed by atoms with van der Waals surface area (Å²) in [5.74, 6) is -0.0433. The molecule has 2 heterocycles. The van der Waals surface area contributed by atoms with E-state index in [4.69, 9.17) is 4.74 Å². The first kappa shape index (κ1) is 20.2. The number of ether oxygens (including phenoxy) is 1. The fraction of sp³-hybridized carbons (Fsp3) is 0.250. The molecule has 0 saturated heterocycles. The SMILES string of the molecule is CCOc1ccccc1-c1ccc2c(c1)C=C(C(=O)O)CCN2Cc1csc(C)n1. The van der Waals surface area contributed by atoms with Crippen molar-refractivity contribution in [2.24, 2.45) is 0 Å². The Morgan fingerprint density at radius 3 is 2.83 bits per heavy atom. The van der Waals surface area contributed by atoms with Crippen LogP contribution in [0.15, 0.2) is 53.4 Å². The number of aryl methyl sites for hydroxylation is 1. The first-order valence-electron chi connectivity index (χ1n) is 10.0. The van der Waals surface area contributed by atoms with Crippen LogP contribution in [0.1, 0.15) is 29.6 Å². The minimum Gasteiger partial charge on any atom is -0.493 e. The van der Waals surface area contributed by atoms with Crippen molar-refractivity contribution in [3.8, 4) is 16.9 Å². The molecular weight excluding hydrogens is 396 g/mol. The molecule has 30 heavy (non-hydrogen) atoms. The minimum atomic E-state index is -0.868. The molecule has 0 radical (unpaired) electrons. The normalized spacial score (nSPS) is 13.4. The van der Waals surface area contributed by atoms with E-state index < -0.39 is 5.97 Å². The minimum absolute atomic E-state index is 0.420. The Bertz CT molecular complexity index is 1100. The van der Waals surface area contributed by atoms with Crippen molar-refractivity contribution in [2.45, 2.75) is 26.8 Å². The van der Waals surface area contributed by atoms with Crippen molar-refractivity contribution >= 4 is 29.1 Å². The van der Waals surface area contributed by atoms with Crippen LogP contribution in [-0.4, -0.2) is 29.2 Å². The summed E-state index contributed by atoms with van der Waals surface area (Å²) < 4.78 is 5.79. The van der Waals surface area contributed by atoms with Gasteiger partial charge in [0.15, 0.2) is 0 Å². The summed E-state index contributed by atoms with van der Waals surface area (Å²) in [5.41, 5.74) is 5.36. The van der Waals surface area contributed by atoms with Gasteiger partial charge < -0.3 is 14.7 Å². The molecule has 1 aromatic heterocycles. The maximum absolute atomic E-state index is 11.8. The highest BCUT2D eigenvalue weighted by molar-refractivity contribution is 7.09. The second-order valence-corrected chi connectivity index (χ2v) is 8.27. The number of carbonyl (C=O) groups is 1. The molecule has 3 aromatic rings. The molecule has 0 bridgehead atoms. The standard InChI is InChI=1S/C24H24N2O3S/c1-3-29-23-7-5-4-6-21(23)17-8-9-22-19(12-17)13-18(24(27)28)10-11-26(22)14-20-15-30-16(2)25-20/h4-9,12-13,15H,3,10-11,14H2,1-2H3,(H,27,28). The second-order valence-electron chi connectivity index (χ2n) is 7.21. The monoisotopic (exact) mass is 420 g/mol. The fourth-order valence-electron chi connectivity index (χ4n) is 3.76. The van der Waals surface area contributed by atoms with Crippen LogP contribution < -0.4 is 9.64 Å². The lowest BCUT2D eigenvalue weighted by Gasteiger charge is -2.24. The highest BCUT2D eigenvalue weighted by atomic mass is 32.1. The maximum Gasteiger partial charge on any atom is 0.331 e. The quantitative estimate of drug-likeness (QED) is 0.579. The van der Waals surface area contributed by atoms with Crippen LogP contribution in [0.5, 0.6) is 5.75 Å². The van der Waals surface area contributed by atoms with Crippen LogP contribution in [0.4, 0.5) is 5.69 Å². The van der Waals surface area contributed by atoms with Crippen LogP contribution >= 0.6 is 11.3 Å².